The first-order valence-corrected chi connectivity index (χ1v) is 6.79. The van der Waals surface area contributed by atoms with Crippen molar-refractivity contribution >= 4 is 22.5 Å². The first kappa shape index (κ1) is 13.4. The summed E-state index contributed by atoms with van der Waals surface area (Å²) in [6, 6.07) is 9.71. The van der Waals surface area contributed by atoms with Crippen LogP contribution in [0.15, 0.2) is 40.9 Å². The van der Waals surface area contributed by atoms with Crippen LogP contribution in [0.4, 0.5) is 5.69 Å². The zero-order chi connectivity index (χ0) is 15.0. The highest BCUT2D eigenvalue weighted by atomic mass is 16.3. The van der Waals surface area contributed by atoms with Gasteiger partial charge in [0.15, 0.2) is 0 Å². The second-order valence-electron chi connectivity index (χ2n) is 5.09. The molecule has 0 aliphatic carbocycles. The third kappa shape index (κ3) is 2.40. The second kappa shape index (κ2) is 5.05. The average molecular weight is 280 g/mol. The van der Waals surface area contributed by atoms with Gasteiger partial charge in [-0.15, -0.1) is 0 Å². The van der Waals surface area contributed by atoms with E-state index in [0.29, 0.717) is 17.0 Å². The van der Waals surface area contributed by atoms with Crippen molar-refractivity contribution in [3.8, 4) is 0 Å². The summed E-state index contributed by atoms with van der Waals surface area (Å²) in [5.41, 5.74) is 3.05. The molecule has 3 rings (SSSR count). The number of para-hydroxylation sites is 1. The summed E-state index contributed by atoms with van der Waals surface area (Å²) in [5.74, 6) is 1.24. The van der Waals surface area contributed by atoms with Crippen molar-refractivity contribution in [2.75, 3.05) is 5.32 Å². The molecule has 1 N–H and O–H groups in total. The molecule has 0 saturated carbocycles. The van der Waals surface area contributed by atoms with Crippen molar-refractivity contribution in [1.82, 2.24) is 4.98 Å². The van der Waals surface area contributed by atoms with Gasteiger partial charge in [-0.3, -0.25) is 9.78 Å². The van der Waals surface area contributed by atoms with E-state index in [4.69, 9.17) is 4.42 Å². The van der Waals surface area contributed by atoms with E-state index in [-0.39, 0.29) is 5.91 Å². The van der Waals surface area contributed by atoms with Crippen molar-refractivity contribution in [2.45, 2.75) is 20.8 Å². The summed E-state index contributed by atoms with van der Waals surface area (Å²) in [7, 11) is 0. The topological polar surface area (TPSA) is 55.1 Å². The predicted molar refractivity (Wildman–Crippen MR) is 82.6 cm³/mol. The van der Waals surface area contributed by atoms with Crippen molar-refractivity contribution in [3.05, 3.63) is 59.2 Å². The van der Waals surface area contributed by atoms with Gasteiger partial charge in [0.2, 0.25) is 0 Å². The highest BCUT2D eigenvalue weighted by Crippen LogP contribution is 2.23. The van der Waals surface area contributed by atoms with Gasteiger partial charge in [0.1, 0.15) is 11.5 Å². The Balaban J connectivity index is 1.92. The molecule has 2 aromatic heterocycles. The number of nitrogens with zero attached hydrogens (tertiary/aromatic N) is 1. The van der Waals surface area contributed by atoms with E-state index in [2.05, 4.69) is 10.3 Å². The van der Waals surface area contributed by atoms with Crippen LogP contribution in [0.25, 0.3) is 10.9 Å². The molecule has 0 saturated heterocycles. The minimum atomic E-state index is -0.168. The monoisotopic (exact) mass is 280 g/mol. The normalized spacial score (nSPS) is 10.8. The number of carbonyl (C=O) groups excluding carboxylic acids is 1. The van der Waals surface area contributed by atoms with Gasteiger partial charge in [-0.2, -0.15) is 0 Å². The fraction of sp³-hybridized carbons (Fsp3) is 0.176. The molecule has 2 heterocycles. The van der Waals surface area contributed by atoms with Gasteiger partial charge in [0.25, 0.3) is 5.91 Å². The van der Waals surface area contributed by atoms with E-state index in [1.165, 1.54) is 0 Å². The number of anilines is 1. The number of amides is 1. The maximum atomic E-state index is 12.4. The molecule has 1 amide bonds. The summed E-state index contributed by atoms with van der Waals surface area (Å²) in [6.45, 7) is 5.55. The van der Waals surface area contributed by atoms with Crippen LogP contribution in [0, 0.1) is 20.8 Å². The van der Waals surface area contributed by atoms with Gasteiger partial charge in [-0.25, -0.2) is 0 Å². The molecule has 0 bridgehead atoms. The zero-order valence-electron chi connectivity index (χ0n) is 12.2. The Bertz CT molecular complexity index is 834. The lowest BCUT2D eigenvalue weighted by atomic mass is 10.1. The third-order valence-corrected chi connectivity index (χ3v) is 3.64. The lowest BCUT2D eigenvalue weighted by Crippen LogP contribution is -2.13. The molecule has 4 heteroatoms. The Kier molecular flexibility index (Phi) is 3.22. The minimum absolute atomic E-state index is 0.168. The standard InChI is InChI=1S/C17H16N2O2/c1-10-11(2)21-12(3)16(10)17(20)19-14-8-13-6-4-5-7-15(13)18-9-14/h4-9H,1-3H3,(H,19,20). The molecule has 4 nitrogen and oxygen atoms in total. The van der Waals surface area contributed by atoms with Crippen molar-refractivity contribution < 1.29 is 9.21 Å². The molecular weight excluding hydrogens is 264 g/mol. The number of carbonyl (C=O) groups is 1. The second-order valence-corrected chi connectivity index (χ2v) is 5.09. The first-order chi connectivity index (χ1) is 10.1. The zero-order valence-corrected chi connectivity index (χ0v) is 12.2. The van der Waals surface area contributed by atoms with E-state index in [1.54, 1.807) is 13.1 Å². The van der Waals surface area contributed by atoms with Crippen LogP contribution in [-0.4, -0.2) is 10.9 Å². The predicted octanol–water partition coefficient (Wildman–Crippen LogP) is 4.01. The molecule has 0 aliphatic heterocycles. The largest absolute Gasteiger partial charge is 0.466 e. The third-order valence-electron chi connectivity index (χ3n) is 3.64. The molecular formula is C17H16N2O2. The molecule has 106 valence electrons. The number of furan rings is 1. The molecule has 0 unspecified atom stereocenters. The average Bonchev–Trinajstić information content (AvgIpc) is 2.72. The van der Waals surface area contributed by atoms with Gasteiger partial charge in [-0.05, 0) is 32.9 Å². The first-order valence-electron chi connectivity index (χ1n) is 6.79. The Morgan fingerprint density at radius 2 is 1.90 bits per heavy atom. The van der Waals surface area contributed by atoms with Gasteiger partial charge < -0.3 is 9.73 Å². The fourth-order valence-electron chi connectivity index (χ4n) is 2.46. The number of rotatable bonds is 2. The molecule has 1 aromatic carbocycles. The quantitative estimate of drug-likeness (QED) is 0.771. The van der Waals surface area contributed by atoms with E-state index in [9.17, 15) is 4.79 Å². The number of aryl methyl sites for hydroxylation is 2. The number of benzene rings is 1. The molecule has 0 spiro atoms. The van der Waals surface area contributed by atoms with Crippen LogP contribution in [0.2, 0.25) is 0 Å². The lowest BCUT2D eigenvalue weighted by molar-refractivity contribution is 0.102. The maximum absolute atomic E-state index is 12.4. The van der Waals surface area contributed by atoms with Crippen LogP contribution in [0.1, 0.15) is 27.4 Å². The molecule has 0 atom stereocenters. The van der Waals surface area contributed by atoms with Gasteiger partial charge >= 0.3 is 0 Å². The van der Waals surface area contributed by atoms with Crippen LogP contribution in [0.5, 0.6) is 0 Å². The highest BCUT2D eigenvalue weighted by molar-refractivity contribution is 6.06. The molecule has 21 heavy (non-hydrogen) atoms. The fourth-order valence-corrected chi connectivity index (χ4v) is 2.46. The van der Waals surface area contributed by atoms with Crippen molar-refractivity contribution in [2.24, 2.45) is 0 Å². The minimum Gasteiger partial charge on any atom is -0.466 e. The number of hydrogen-bond acceptors (Lipinski definition) is 3. The van der Waals surface area contributed by atoms with Crippen LogP contribution >= 0.6 is 0 Å². The number of pyridine rings is 1. The van der Waals surface area contributed by atoms with Gasteiger partial charge in [-0.1, -0.05) is 18.2 Å². The van der Waals surface area contributed by atoms with Crippen molar-refractivity contribution in [1.29, 1.82) is 0 Å². The summed E-state index contributed by atoms with van der Waals surface area (Å²) in [6.07, 6.45) is 1.66. The van der Waals surface area contributed by atoms with Crippen LogP contribution < -0.4 is 5.32 Å². The van der Waals surface area contributed by atoms with E-state index in [1.807, 2.05) is 44.2 Å². The molecule has 3 aromatic rings. The Labute approximate surface area is 122 Å². The molecule has 0 aliphatic rings. The summed E-state index contributed by atoms with van der Waals surface area (Å²) >= 11 is 0. The number of fused-ring (bicyclic) bond motifs is 1. The number of aromatic nitrogens is 1. The molecule has 0 fully saturated rings. The van der Waals surface area contributed by atoms with Crippen molar-refractivity contribution in [3.63, 3.8) is 0 Å². The van der Waals surface area contributed by atoms with Crippen LogP contribution in [-0.2, 0) is 0 Å². The summed E-state index contributed by atoms with van der Waals surface area (Å²) < 4.78 is 5.50. The van der Waals surface area contributed by atoms with Gasteiger partial charge in [0, 0.05) is 10.9 Å². The summed E-state index contributed by atoms with van der Waals surface area (Å²) in [5, 5.41) is 3.88. The van der Waals surface area contributed by atoms with E-state index in [0.717, 1.165) is 22.2 Å². The lowest BCUT2D eigenvalue weighted by Gasteiger charge is -2.06. The Morgan fingerprint density at radius 3 is 2.62 bits per heavy atom. The Hall–Kier alpha value is -2.62. The number of hydrogen-bond donors (Lipinski definition) is 1. The molecule has 0 radical (unpaired) electrons. The van der Waals surface area contributed by atoms with Crippen LogP contribution in [0.3, 0.4) is 0 Å². The number of nitrogens with one attached hydrogen (secondary N) is 1. The smallest absolute Gasteiger partial charge is 0.259 e. The van der Waals surface area contributed by atoms with E-state index >= 15 is 0 Å². The SMILES string of the molecule is Cc1oc(C)c(C(=O)Nc2cnc3ccccc3c2)c1C. The summed E-state index contributed by atoms with van der Waals surface area (Å²) in [4.78, 5) is 16.7. The maximum Gasteiger partial charge on any atom is 0.259 e. The Morgan fingerprint density at radius 1 is 1.14 bits per heavy atom. The van der Waals surface area contributed by atoms with Gasteiger partial charge in [0.05, 0.1) is 23.0 Å². The highest BCUT2D eigenvalue weighted by Gasteiger charge is 2.18. The van der Waals surface area contributed by atoms with E-state index < -0.39 is 0 Å².